The number of hydrogen-bond donors (Lipinski definition) is 3. The topological polar surface area (TPSA) is 122 Å². The molecule has 124 valence electrons. The van der Waals surface area contributed by atoms with Gasteiger partial charge in [-0.05, 0) is 17.7 Å². The van der Waals surface area contributed by atoms with Crippen LogP contribution >= 0.6 is 0 Å². The first-order valence-corrected chi connectivity index (χ1v) is 8.26. The largest absolute Gasteiger partial charge is 0.481 e. The Kier molecular flexibility index (Phi) is 6.41. The van der Waals surface area contributed by atoms with Crippen LogP contribution in [0, 0.1) is 12.3 Å². The quantitative estimate of drug-likeness (QED) is 0.599. The summed E-state index contributed by atoms with van der Waals surface area (Å²) in [4.78, 5) is 22.6. The minimum absolute atomic E-state index is 0.0247. The molecule has 1 aromatic carbocycles. The van der Waals surface area contributed by atoms with Crippen molar-refractivity contribution in [3.8, 4) is 18.1 Å². The Morgan fingerprint density at radius 2 is 1.96 bits per heavy atom. The van der Waals surface area contributed by atoms with E-state index in [9.17, 15) is 18.0 Å². The molecule has 0 fully saturated rings. The van der Waals surface area contributed by atoms with E-state index in [2.05, 4.69) is 5.92 Å². The third-order valence-electron chi connectivity index (χ3n) is 2.59. The predicted octanol–water partition coefficient (Wildman–Crippen LogP) is -0.0469. The van der Waals surface area contributed by atoms with Gasteiger partial charge in [-0.15, -0.1) is 6.42 Å². The van der Waals surface area contributed by atoms with E-state index < -0.39 is 28.1 Å². The van der Waals surface area contributed by atoms with E-state index in [0.29, 0.717) is 11.3 Å². The Bertz CT molecular complexity index is 706. The summed E-state index contributed by atoms with van der Waals surface area (Å²) in [6, 6.07) is 5.21. The second-order valence-corrected chi connectivity index (χ2v) is 6.33. The van der Waals surface area contributed by atoms with E-state index in [4.69, 9.17) is 16.3 Å². The Hall–Kier alpha value is -2.73. The van der Waals surface area contributed by atoms with Gasteiger partial charge < -0.3 is 15.2 Å². The summed E-state index contributed by atoms with van der Waals surface area (Å²) in [7, 11) is -3.78. The molecule has 2 amide bonds. The van der Waals surface area contributed by atoms with Crippen LogP contribution in [0.2, 0.25) is 0 Å². The minimum atomic E-state index is -3.78. The van der Waals surface area contributed by atoms with E-state index in [-0.39, 0.29) is 13.0 Å². The molecule has 1 rings (SSSR count). The van der Waals surface area contributed by atoms with Gasteiger partial charge in [0, 0.05) is 6.42 Å². The highest BCUT2D eigenvalue weighted by Gasteiger charge is 2.23. The van der Waals surface area contributed by atoms with Crippen molar-refractivity contribution in [2.45, 2.75) is 12.5 Å². The van der Waals surface area contributed by atoms with Crippen LogP contribution in [0.1, 0.15) is 5.56 Å². The highest BCUT2D eigenvalue weighted by Crippen LogP contribution is 2.13. The number of amides is 2. The van der Waals surface area contributed by atoms with Crippen molar-refractivity contribution in [3.63, 3.8) is 0 Å². The number of nitrogens with one attached hydrogen (secondary N) is 2. The molecule has 0 spiro atoms. The maximum absolute atomic E-state index is 11.8. The highest BCUT2D eigenvalue weighted by atomic mass is 32.2. The molecule has 0 heterocycles. The number of carbonyl (C=O) groups excluding carboxylic acids is 1. The van der Waals surface area contributed by atoms with Gasteiger partial charge >= 0.3 is 6.09 Å². The smallest absolute Gasteiger partial charge is 0.405 e. The number of carbonyl (C=O) groups is 2. The maximum atomic E-state index is 11.8. The molecule has 0 aliphatic heterocycles. The second-order valence-electron chi connectivity index (χ2n) is 4.58. The Labute approximate surface area is 133 Å². The number of benzene rings is 1. The molecule has 1 aromatic rings. The predicted molar refractivity (Wildman–Crippen MR) is 82.4 cm³/mol. The van der Waals surface area contributed by atoms with Crippen LogP contribution in [0.5, 0.6) is 5.75 Å². The lowest BCUT2D eigenvalue weighted by molar-refractivity contribution is -0.121. The summed E-state index contributed by atoms with van der Waals surface area (Å²) in [6.45, 7) is 0.110. The van der Waals surface area contributed by atoms with Gasteiger partial charge in [0.05, 0.1) is 6.26 Å². The molecule has 0 saturated heterocycles. The number of ether oxygens (including phenoxy) is 1. The molecule has 9 heteroatoms. The summed E-state index contributed by atoms with van der Waals surface area (Å²) < 4.78 is 29.1. The lowest BCUT2D eigenvalue weighted by Crippen LogP contribution is -2.48. The van der Waals surface area contributed by atoms with Crippen LogP contribution in [0.25, 0.3) is 0 Å². The molecule has 3 N–H and O–H groups in total. The normalized spacial score (nSPS) is 11.8. The molecule has 0 aliphatic rings. The van der Waals surface area contributed by atoms with Crippen LogP contribution < -0.4 is 14.8 Å². The number of terminal acetylenes is 1. The van der Waals surface area contributed by atoms with Gasteiger partial charge in [0.15, 0.2) is 0 Å². The van der Waals surface area contributed by atoms with E-state index in [0.717, 1.165) is 6.26 Å². The van der Waals surface area contributed by atoms with Crippen molar-refractivity contribution in [1.29, 1.82) is 0 Å². The van der Waals surface area contributed by atoms with Crippen LogP contribution in [0.3, 0.4) is 0 Å². The average molecular weight is 340 g/mol. The van der Waals surface area contributed by atoms with Crippen LogP contribution in [0.4, 0.5) is 4.79 Å². The van der Waals surface area contributed by atoms with Crippen LogP contribution in [0.15, 0.2) is 24.3 Å². The monoisotopic (exact) mass is 340 g/mol. The molecule has 23 heavy (non-hydrogen) atoms. The molecule has 8 nitrogen and oxygen atoms in total. The summed E-state index contributed by atoms with van der Waals surface area (Å²) in [5.74, 6) is 1.88. The summed E-state index contributed by atoms with van der Waals surface area (Å²) >= 11 is 0. The fraction of sp³-hybridized carbons (Fsp3) is 0.286. The van der Waals surface area contributed by atoms with Crippen LogP contribution in [-0.4, -0.2) is 44.4 Å². The van der Waals surface area contributed by atoms with Crippen molar-refractivity contribution in [3.05, 3.63) is 29.8 Å². The number of hydrogen-bond acceptors (Lipinski definition) is 5. The number of sulfonamides is 1. The third-order valence-corrected chi connectivity index (χ3v) is 3.16. The zero-order valence-corrected chi connectivity index (χ0v) is 13.1. The van der Waals surface area contributed by atoms with Gasteiger partial charge in [-0.2, -0.15) is 0 Å². The SMILES string of the molecule is C#CCOc1ccc(CC(NC(=O)O)C(=O)NS(C)(=O)=O)cc1. The molecular formula is C14H16N2O6S. The summed E-state index contributed by atoms with van der Waals surface area (Å²) in [6.07, 6.45) is 4.41. The van der Waals surface area contributed by atoms with Crippen molar-refractivity contribution in [1.82, 2.24) is 10.0 Å². The molecule has 0 radical (unpaired) electrons. The maximum Gasteiger partial charge on any atom is 0.405 e. The first kappa shape index (κ1) is 18.3. The molecule has 0 aromatic heterocycles. The minimum Gasteiger partial charge on any atom is -0.481 e. The molecule has 0 saturated carbocycles. The fourth-order valence-corrected chi connectivity index (χ4v) is 2.20. The van der Waals surface area contributed by atoms with Gasteiger partial charge in [0.25, 0.3) is 5.91 Å². The second kappa shape index (κ2) is 8.05. The molecule has 1 atom stereocenters. The van der Waals surface area contributed by atoms with Crippen molar-refractivity contribution in [2.75, 3.05) is 12.9 Å². The standard InChI is InChI=1S/C14H16N2O6S/c1-3-8-22-11-6-4-10(5-7-11)9-12(15-14(18)19)13(17)16-23(2,20)21/h1,4-7,12,15H,8-9H2,2H3,(H,16,17)(H,18,19). The molecular weight excluding hydrogens is 324 g/mol. The van der Waals surface area contributed by atoms with Gasteiger partial charge in [0.2, 0.25) is 10.0 Å². The third kappa shape index (κ3) is 7.19. The first-order chi connectivity index (χ1) is 10.7. The van der Waals surface area contributed by atoms with E-state index in [1.165, 1.54) is 0 Å². The number of carboxylic acid groups (broad SMARTS) is 1. The van der Waals surface area contributed by atoms with Gasteiger partial charge in [0.1, 0.15) is 18.4 Å². The lowest BCUT2D eigenvalue weighted by Gasteiger charge is -2.16. The van der Waals surface area contributed by atoms with Gasteiger partial charge in [-0.1, -0.05) is 18.1 Å². The Morgan fingerprint density at radius 1 is 1.35 bits per heavy atom. The van der Waals surface area contributed by atoms with Crippen LogP contribution in [-0.2, 0) is 21.2 Å². The fourth-order valence-electron chi connectivity index (χ4n) is 1.69. The zero-order chi connectivity index (χ0) is 17.5. The van der Waals surface area contributed by atoms with E-state index in [1.807, 2.05) is 5.32 Å². The van der Waals surface area contributed by atoms with Gasteiger partial charge in [-0.3, -0.25) is 9.52 Å². The van der Waals surface area contributed by atoms with Crippen molar-refractivity contribution >= 4 is 22.0 Å². The lowest BCUT2D eigenvalue weighted by atomic mass is 10.1. The van der Waals surface area contributed by atoms with E-state index in [1.54, 1.807) is 29.0 Å². The van der Waals surface area contributed by atoms with Gasteiger partial charge in [-0.25, -0.2) is 13.2 Å². The van der Waals surface area contributed by atoms with E-state index >= 15 is 0 Å². The van der Waals surface area contributed by atoms with Crippen molar-refractivity contribution < 1.29 is 27.9 Å². The first-order valence-electron chi connectivity index (χ1n) is 6.37. The molecule has 0 aliphatic carbocycles. The highest BCUT2D eigenvalue weighted by molar-refractivity contribution is 7.89. The molecule has 0 bridgehead atoms. The summed E-state index contributed by atoms with van der Waals surface area (Å²) in [5.41, 5.74) is 0.612. The number of rotatable bonds is 7. The summed E-state index contributed by atoms with van der Waals surface area (Å²) in [5, 5.41) is 10.8. The molecule has 1 unspecified atom stereocenters. The Morgan fingerprint density at radius 3 is 2.43 bits per heavy atom. The van der Waals surface area contributed by atoms with Crippen molar-refractivity contribution in [2.24, 2.45) is 0 Å². The average Bonchev–Trinajstić information content (AvgIpc) is 2.43. The Balaban J connectivity index is 2.82. The zero-order valence-electron chi connectivity index (χ0n) is 12.3.